The molecule has 27 heavy (non-hydrogen) atoms. The lowest BCUT2D eigenvalue weighted by molar-refractivity contribution is 0.713. The Morgan fingerprint density at radius 2 is 1.11 bits per heavy atom. The molecule has 0 nitrogen and oxygen atoms in total. The molecule has 5 rings (SSSR count). The van der Waals surface area contributed by atoms with Gasteiger partial charge in [0, 0.05) is 5.41 Å². The lowest BCUT2D eigenvalue weighted by Gasteiger charge is -2.29. The lowest BCUT2D eigenvalue weighted by atomic mass is 9.73. The molecule has 0 unspecified atom stereocenters. The van der Waals surface area contributed by atoms with E-state index < -0.39 is 0 Å². The molecule has 0 aliphatic heterocycles. The second kappa shape index (κ2) is 5.96. The van der Waals surface area contributed by atoms with Gasteiger partial charge in [0.1, 0.15) is 0 Å². The Bertz CT molecular complexity index is 1090. The Labute approximate surface area is 161 Å². The fraction of sp³-hybridized carbons (Fsp3) is 0.111. The minimum atomic E-state index is -0.136. The largest absolute Gasteiger partial charge is 0.0622 e. The molecule has 0 radical (unpaired) electrons. The molecule has 0 N–H and O–H groups in total. The van der Waals surface area contributed by atoms with Crippen molar-refractivity contribution in [3.8, 4) is 22.3 Å². The van der Waals surface area contributed by atoms with Gasteiger partial charge >= 0.3 is 0 Å². The minimum Gasteiger partial charge on any atom is -0.0622 e. The summed E-state index contributed by atoms with van der Waals surface area (Å²) < 4.78 is 0. The van der Waals surface area contributed by atoms with E-state index in [9.17, 15) is 0 Å². The highest BCUT2D eigenvalue weighted by molar-refractivity contribution is 5.83. The van der Waals surface area contributed by atoms with E-state index in [1.165, 1.54) is 44.5 Å². The second-order valence-corrected chi connectivity index (χ2v) is 7.67. The van der Waals surface area contributed by atoms with Gasteiger partial charge in [-0.1, -0.05) is 96.6 Å². The molecule has 0 saturated heterocycles. The quantitative estimate of drug-likeness (QED) is 0.367. The molecule has 0 spiro atoms. The van der Waals surface area contributed by atoms with Gasteiger partial charge in [-0.2, -0.15) is 0 Å². The summed E-state index contributed by atoms with van der Waals surface area (Å²) in [4.78, 5) is 0. The van der Waals surface area contributed by atoms with Crippen LogP contribution in [0.5, 0.6) is 0 Å². The van der Waals surface area contributed by atoms with Crippen LogP contribution in [0.15, 0.2) is 97.1 Å². The molecule has 0 saturated carbocycles. The van der Waals surface area contributed by atoms with Crippen molar-refractivity contribution in [1.82, 2.24) is 0 Å². The molecule has 0 fully saturated rings. The zero-order chi connectivity index (χ0) is 18.4. The van der Waals surface area contributed by atoms with Crippen molar-refractivity contribution >= 4 is 0 Å². The topological polar surface area (TPSA) is 0 Å². The predicted molar refractivity (Wildman–Crippen MR) is 114 cm³/mol. The van der Waals surface area contributed by atoms with Crippen molar-refractivity contribution in [3.05, 3.63) is 119 Å². The molecule has 0 aromatic heterocycles. The normalized spacial score (nSPS) is 13.9. The lowest BCUT2D eigenvalue weighted by Crippen LogP contribution is -2.22. The number of benzene rings is 4. The average Bonchev–Trinajstić information content (AvgIpc) is 2.99. The summed E-state index contributed by atoms with van der Waals surface area (Å²) in [5.74, 6) is 0. The number of hydrogen-bond acceptors (Lipinski definition) is 0. The van der Waals surface area contributed by atoms with Gasteiger partial charge in [-0.25, -0.2) is 0 Å². The molecule has 4 aromatic carbocycles. The summed E-state index contributed by atoms with van der Waals surface area (Å²) in [5, 5.41) is 0. The standard InChI is InChI=1S/C27H22/c1-19-16-21(20-10-4-3-5-11-20)18-22(17-19)27(2)25-14-8-6-12-23(25)24-13-7-9-15-26(24)27/h3-18H,1-2H3. The molecule has 1 aliphatic rings. The molecular weight excluding hydrogens is 324 g/mol. The Kier molecular flexibility index (Phi) is 3.55. The van der Waals surface area contributed by atoms with Crippen LogP contribution in [0.4, 0.5) is 0 Å². The molecule has 0 heteroatoms. The van der Waals surface area contributed by atoms with Crippen molar-refractivity contribution in [2.75, 3.05) is 0 Å². The van der Waals surface area contributed by atoms with Crippen LogP contribution in [0.25, 0.3) is 22.3 Å². The first-order valence-corrected chi connectivity index (χ1v) is 9.55. The Morgan fingerprint density at radius 3 is 1.74 bits per heavy atom. The van der Waals surface area contributed by atoms with Gasteiger partial charge in [-0.05, 0) is 58.9 Å². The number of fused-ring (bicyclic) bond motifs is 3. The van der Waals surface area contributed by atoms with E-state index in [-0.39, 0.29) is 5.41 Å². The smallest absolute Gasteiger partial charge is 0.0435 e. The van der Waals surface area contributed by atoms with E-state index >= 15 is 0 Å². The SMILES string of the molecule is Cc1cc(-c2ccccc2)cc(C2(C)c3ccccc3-c3ccccc32)c1. The zero-order valence-electron chi connectivity index (χ0n) is 15.7. The first-order valence-electron chi connectivity index (χ1n) is 9.55. The summed E-state index contributed by atoms with van der Waals surface area (Å²) in [7, 11) is 0. The molecule has 0 atom stereocenters. The molecule has 0 heterocycles. The highest BCUT2D eigenvalue weighted by atomic mass is 14.4. The summed E-state index contributed by atoms with van der Waals surface area (Å²) >= 11 is 0. The van der Waals surface area contributed by atoms with Crippen LogP contribution in [-0.4, -0.2) is 0 Å². The van der Waals surface area contributed by atoms with Crippen molar-refractivity contribution in [2.24, 2.45) is 0 Å². The maximum atomic E-state index is 2.38. The first-order chi connectivity index (χ1) is 13.2. The molecule has 130 valence electrons. The van der Waals surface area contributed by atoms with Gasteiger partial charge in [-0.3, -0.25) is 0 Å². The van der Waals surface area contributed by atoms with Gasteiger partial charge in [0.15, 0.2) is 0 Å². The van der Waals surface area contributed by atoms with E-state index in [4.69, 9.17) is 0 Å². The van der Waals surface area contributed by atoms with Gasteiger partial charge < -0.3 is 0 Å². The third kappa shape index (κ3) is 2.37. The summed E-state index contributed by atoms with van der Waals surface area (Å²) in [5.41, 5.74) is 10.6. The summed E-state index contributed by atoms with van der Waals surface area (Å²) in [6, 6.07) is 35.4. The van der Waals surface area contributed by atoms with Crippen LogP contribution in [0.2, 0.25) is 0 Å². The highest BCUT2D eigenvalue weighted by Gasteiger charge is 2.40. The minimum absolute atomic E-state index is 0.136. The molecular formula is C27H22. The maximum Gasteiger partial charge on any atom is 0.0435 e. The third-order valence-electron chi connectivity index (χ3n) is 5.98. The Hall–Kier alpha value is -3.12. The number of hydrogen-bond donors (Lipinski definition) is 0. The second-order valence-electron chi connectivity index (χ2n) is 7.67. The van der Waals surface area contributed by atoms with Crippen LogP contribution in [0, 0.1) is 6.92 Å². The average molecular weight is 346 g/mol. The first kappa shape index (κ1) is 16.1. The monoisotopic (exact) mass is 346 g/mol. The number of rotatable bonds is 2. The molecule has 0 amide bonds. The summed E-state index contributed by atoms with van der Waals surface area (Å²) in [6.45, 7) is 4.58. The predicted octanol–water partition coefficient (Wildman–Crippen LogP) is 7.00. The molecule has 4 aromatic rings. The van der Waals surface area contributed by atoms with Crippen molar-refractivity contribution in [3.63, 3.8) is 0 Å². The van der Waals surface area contributed by atoms with Gasteiger partial charge in [0.05, 0.1) is 0 Å². The van der Waals surface area contributed by atoms with Crippen LogP contribution in [0.1, 0.15) is 29.2 Å². The zero-order valence-corrected chi connectivity index (χ0v) is 15.7. The van der Waals surface area contributed by atoms with Gasteiger partial charge in [-0.15, -0.1) is 0 Å². The molecule has 1 aliphatic carbocycles. The van der Waals surface area contributed by atoms with Crippen molar-refractivity contribution in [2.45, 2.75) is 19.3 Å². The van der Waals surface area contributed by atoms with Crippen LogP contribution in [-0.2, 0) is 5.41 Å². The third-order valence-corrected chi connectivity index (χ3v) is 5.98. The van der Waals surface area contributed by atoms with Gasteiger partial charge in [0.2, 0.25) is 0 Å². The van der Waals surface area contributed by atoms with Crippen LogP contribution in [0.3, 0.4) is 0 Å². The van der Waals surface area contributed by atoms with E-state index in [0.29, 0.717) is 0 Å². The van der Waals surface area contributed by atoms with Crippen LogP contribution < -0.4 is 0 Å². The van der Waals surface area contributed by atoms with Crippen molar-refractivity contribution in [1.29, 1.82) is 0 Å². The highest BCUT2D eigenvalue weighted by Crippen LogP contribution is 2.52. The van der Waals surface area contributed by atoms with E-state index in [0.717, 1.165) is 0 Å². The van der Waals surface area contributed by atoms with Crippen LogP contribution >= 0.6 is 0 Å². The summed E-state index contributed by atoms with van der Waals surface area (Å²) in [6.07, 6.45) is 0. The molecule has 0 bridgehead atoms. The Balaban J connectivity index is 1.79. The number of aryl methyl sites for hydroxylation is 1. The fourth-order valence-electron chi connectivity index (χ4n) is 4.63. The Morgan fingerprint density at radius 1 is 0.556 bits per heavy atom. The maximum absolute atomic E-state index is 2.38. The van der Waals surface area contributed by atoms with E-state index in [2.05, 4.69) is 111 Å². The van der Waals surface area contributed by atoms with E-state index in [1.54, 1.807) is 0 Å². The van der Waals surface area contributed by atoms with Crippen molar-refractivity contribution < 1.29 is 0 Å². The fourth-order valence-corrected chi connectivity index (χ4v) is 4.63. The van der Waals surface area contributed by atoms with E-state index in [1.807, 2.05) is 0 Å². The van der Waals surface area contributed by atoms with Gasteiger partial charge in [0.25, 0.3) is 0 Å².